The number of aryl methyl sites for hydroxylation is 4. The Labute approximate surface area is 339 Å². The first-order valence-electron chi connectivity index (χ1n) is 18.0. The molecule has 0 bridgehead atoms. The third-order valence-electron chi connectivity index (χ3n) is 9.46. The highest BCUT2D eigenvalue weighted by Gasteiger charge is 2.21. The largest absolute Gasteiger partial charge is 0.496 e. The van der Waals surface area contributed by atoms with Crippen LogP contribution in [-0.2, 0) is 22.4 Å². The minimum Gasteiger partial charge on any atom is -0.496 e. The second-order valence-electron chi connectivity index (χ2n) is 13.4. The van der Waals surface area contributed by atoms with E-state index in [4.69, 9.17) is 43.8 Å². The van der Waals surface area contributed by atoms with Crippen molar-refractivity contribution in [1.29, 1.82) is 0 Å². The fourth-order valence-corrected chi connectivity index (χ4v) is 6.90. The van der Waals surface area contributed by atoms with Gasteiger partial charge < -0.3 is 41.3 Å². The van der Waals surface area contributed by atoms with Crippen molar-refractivity contribution in [2.24, 2.45) is 17.2 Å². The van der Waals surface area contributed by atoms with Crippen molar-refractivity contribution in [1.82, 2.24) is 9.13 Å². The summed E-state index contributed by atoms with van der Waals surface area (Å²) in [5.41, 5.74) is 25.2. The average molecular weight is 804 g/mol. The lowest BCUT2D eigenvalue weighted by Crippen LogP contribution is -2.14. The molecular formula is C44H42ClN5O8. The zero-order valence-electron chi connectivity index (χ0n) is 32.0. The molecule has 4 aromatic carbocycles. The molecule has 0 saturated heterocycles. The molecule has 0 saturated carbocycles. The molecule has 2 heterocycles. The number of carboxylic acid groups (broad SMARTS) is 2. The number of carbonyl (C=O) groups excluding carboxylic acids is 3. The summed E-state index contributed by atoms with van der Waals surface area (Å²) in [4.78, 5) is 57.3. The number of carbonyl (C=O) groups is 5. The van der Waals surface area contributed by atoms with E-state index in [1.807, 2.05) is 65.4 Å². The van der Waals surface area contributed by atoms with E-state index in [2.05, 4.69) is 0 Å². The van der Waals surface area contributed by atoms with Gasteiger partial charge in [-0.15, -0.1) is 0 Å². The third kappa shape index (κ3) is 9.45. The van der Waals surface area contributed by atoms with Gasteiger partial charge in [-0.3, -0.25) is 24.0 Å². The van der Waals surface area contributed by atoms with Gasteiger partial charge in [0.05, 0.1) is 31.3 Å². The Bertz CT molecular complexity index is 2560. The molecule has 0 atom stereocenters. The number of rotatable bonds is 14. The minimum atomic E-state index is -0.922. The molecule has 6 rings (SSSR count). The van der Waals surface area contributed by atoms with Crippen molar-refractivity contribution in [3.05, 3.63) is 147 Å². The number of halogens is 1. The number of hydrogen-bond acceptors (Lipinski definition) is 6. The number of para-hydroxylation sites is 1. The first-order valence-corrected chi connectivity index (χ1v) is 18.4. The van der Waals surface area contributed by atoms with Gasteiger partial charge in [-0.05, 0) is 123 Å². The number of benzene rings is 4. The first-order chi connectivity index (χ1) is 27.6. The van der Waals surface area contributed by atoms with Gasteiger partial charge in [-0.25, -0.2) is 0 Å². The van der Waals surface area contributed by atoms with Gasteiger partial charge in [0.15, 0.2) is 0 Å². The van der Waals surface area contributed by atoms with Gasteiger partial charge in [0.25, 0.3) is 0 Å². The molecule has 6 aromatic rings. The first kappa shape index (κ1) is 42.0. The normalized spacial score (nSPS) is 10.7. The lowest BCUT2D eigenvalue weighted by atomic mass is 10.0. The van der Waals surface area contributed by atoms with Crippen molar-refractivity contribution >= 4 is 41.3 Å². The minimum absolute atomic E-state index is 0.0216. The molecule has 14 heteroatoms. The van der Waals surface area contributed by atoms with E-state index < -0.39 is 29.7 Å². The number of hydrogen-bond donors (Lipinski definition) is 5. The number of ether oxygens (including phenoxy) is 1. The van der Waals surface area contributed by atoms with Gasteiger partial charge in [0.1, 0.15) is 5.75 Å². The van der Waals surface area contributed by atoms with E-state index in [0.29, 0.717) is 33.8 Å². The zero-order chi connectivity index (χ0) is 42.3. The standard InChI is InChI=1S/C22H20ClN3O4.C22H22N2O4/c1-12-10-13(21(24)29)2-7-18(12)26-15(5-9-20(27)28)4-8-19(26)16-6-3-14(23)11-17(16)22(25)30;1-14-13-15(22(23)27)7-10-18(14)24-16(9-12-21(25)26)8-11-19(24)17-5-3-4-6-20(17)28-2/h2-4,6-8,10-11H,5,9H2,1H3,(H2,24,29)(H2,25,30)(H,27,28);3-8,10-11,13H,9,12H2,1-2H3,(H2,23,27)(H,25,26). The van der Waals surface area contributed by atoms with Crippen molar-refractivity contribution in [3.63, 3.8) is 0 Å². The molecular weight excluding hydrogens is 762 g/mol. The summed E-state index contributed by atoms with van der Waals surface area (Å²) in [6.07, 6.45) is 0.603. The Hall–Kier alpha value is -7.12. The number of aliphatic carboxylic acids is 2. The monoisotopic (exact) mass is 803 g/mol. The molecule has 58 heavy (non-hydrogen) atoms. The van der Waals surface area contributed by atoms with E-state index in [0.717, 1.165) is 50.9 Å². The summed E-state index contributed by atoms with van der Waals surface area (Å²) in [6.45, 7) is 3.72. The predicted octanol–water partition coefficient (Wildman–Crippen LogP) is 6.90. The second-order valence-corrected chi connectivity index (χ2v) is 13.8. The maximum absolute atomic E-state index is 12.0. The average Bonchev–Trinajstić information content (AvgIpc) is 3.80. The van der Waals surface area contributed by atoms with Crippen LogP contribution in [0.5, 0.6) is 5.75 Å². The Morgan fingerprint density at radius 1 is 0.603 bits per heavy atom. The number of nitrogens with zero attached hydrogens (tertiary/aromatic N) is 2. The van der Waals surface area contributed by atoms with Crippen molar-refractivity contribution in [3.8, 4) is 39.6 Å². The Morgan fingerprint density at radius 2 is 1.09 bits per heavy atom. The van der Waals surface area contributed by atoms with Crippen molar-refractivity contribution < 1.29 is 38.9 Å². The lowest BCUT2D eigenvalue weighted by molar-refractivity contribution is -0.138. The SMILES string of the molecule is COc1ccccc1-c1ccc(CCC(=O)O)n1-c1ccc(C(N)=O)cc1C.Cc1cc(C(N)=O)ccc1-n1c(CCC(=O)O)ccc1-c1ccc(Cl)cc1C(N)=O. The third-order valence-corrected chi connectivity index (χ3v) is 9.70. The van der Waals surface area contributed by atoms with E-state index in [-0.39, 0.29) is 24.8 Å². The summed E-state index contributed by atoms with van der Waals surface area (Å²) >= 11 is 6.04. The number of primary amides is 3. The van der Waals surface area contributed by atoms with E-state index >= 15 is 0 Å². The molecule has 0 unspecified atom stereocenters. The molecule has 0 aliphatic carbocycles. The summed E-state index contributed by atoms with van der Waals surface area (Å²) in [6, 6.07) is 30.2. The number of nitrogens with two attached hydrogens (primary N) is 3. The van der Waals surface area contributed by atoms with Crippen LogP contribution in [0.2, 0.25) is 5.02 Å². The molecule has 2 aromatic heterocycles. The predicted molar refractivity (Wildman–Crippen MR) is 221 cm³/mol. The molecule has 0 aliphatic heterocycles. The summed E-state index contributed by atoms with van der Waals surface area (Å²) in [7, 11) is 1.62. The quantitative estimate of drug-likeness (QED) is 0.0777. The fourth-order valence-electron chi connectivity index (χ4n) is 6.73. The molecule has 13 nitrogen and oxygen atoms in total. The van der Waals surface area contributed by atoms with E-state index in [9.17, 15) is 24.0 Å². The van der Waals surface area contributed by atoms with E-state index in [1.165, 1.54) is 6.07 Å². The van der Waals surface area contributed by atoms with Gasteiger partial charge in [0.2, 0.25) is 17.7 Å². The highest BCUT2D eigenvalue weighted by molar-refractivity contribution is 6.31. The molecule has 0 radical (unpaired) electrons. The molecule has 3 amide bonds. The van der Waals surface area contributed by atoms with Crippen molar-refractivity contribution in [2.45, 2.75) is 39.5 Å². The highest BCUT2D eigenvalue weighted by Crippen LogP contribution is 2.35. The van der Waals surface area contributed by atoms with Crippen LogP contribution in [0.1, 0.15) is 66.4 Å². The smallest absolute Gasteiger partial charge is 0.303 e. The molecule has 0 spiro atoms. The van der Waals surface area contributed by atoms with Crippen LogP contribution in [0.4, 0.5) is 0 Å². The van der Waals surface area contributed by atoms with Crippen LogP contribution in [0.15, 0.2) is 103 Å². The Kier molecular flexibility index (Phi) is 13.2. The van der Waals surface area contributed by atoms with Gasteiger partial charge in [0, 0.05) is 55.6 Å². The number of amides is 3. The Balaban J connectivity index is 0.000000221. The van der Waals surface area contributed by atoms with Crippen LogP contribution >= 0.6 is 11.6 Å². The molecule has 0 aliphatic rings. The molecule has 8 N–H and O–H groups in total. The fraction of sp³-hybridized carbons (Fsp3) is 0.159. The maximum atomic E-state index is 12.0. The van der Waals surface area contributed by atoms with Crippen LogP contribution < -0.4 is 21.9 Å². The molecule has 0 fully saturated rings. The lowest BCUT2D eigenvalue weighted by Gasteiger charge is -2.18. The second kappa shape index (κ2) is 18.2. The van der Waals surface area contributed by atoms with Crippen LogP contribution in [0, 0.1) is 13.8 Å². The van der Waals surface area contributed by atoms with E-state index in [1.54, 1.807) is 61.7 Å². The highest BCUT2D eigenvalue weighted by atomic mass is 35.5. The number of methoxy groups -OCH3 is 1. The van der Waals surface area contributed by atoms with Gasteiger partial charge in [-0.1, -0.05) is 29.8 Å². The topological polar surface area (TPSA) is 223 Å². The van der Waals surface area contributed by atoms with Crippen molar-refractivity contribution in [2.75, 3.05) is 7.11 Å². The summed E-state index contributed by atoms with van der Waals surface area (Å²) in [5.74, 6) is -2.72. The molecule has 298 valence electrons. The zero-order valence-corrected chi connectivity index (χ0v) is 32.7. The summed E-state index contributed by atoms with van der Waals surface area (Å²) < 4.78 is 9.38. The van der Waals surface area contributed by atoms with Gasteiger partial charge >= 0.3 is 11.9 Å². The number of aromatic nitrogens is 2. The van der Waals surface area contributed by atoms with Gasteiger partial charge in [-0.2, -0.15) is 0 Å². The Morgan fingerprint density at radius 3 is 1.52 bits per heavy atom. The van der Waals surface area contributed by atoms with Crippen LogP contribution in [0.3, 0.4) is 0 Å². The summed E-state index contributed by atoms with van der Waals surface area (Å²) in [5, 5.41) is 18.6. The maximum Gasteiger partial charge on any atom is 0.303 e. The number of carboxylic acids is 2. The van der Waals surface area contributed by atoms with Crippen LogP contribution in [-0.4, -0.2) is 56.1 Å². The van der Waals surface area contributed by atoms with Crippen LogP contribution in [0.25, 0.3) is 33.9 Å².